The summed E-state index contributed by atoms with van der Waals surface area (Å²) in [6, 6.07) is 0. The van der Waals surface area contributed by atoms with Gasteiger partial charge in [-0.05, 0) is 26.2 Å². The number of unbranched alkanes of at least 4 members (excludes halogenated alkanes) is 1. The van der Waals surface area contributed by atoms with E-state index in [4.69, 9.17) is 0 Å². The number of ketones is 1. The summed E-state index contributed by atoms with van der Waals surface area (Å²) in [4.78, 5) is 21.5. The summed E-state index contributed by atoms with van der Waals surface area (Å²) >= 11 is 4.38. The highest BCUT2D eigenvalue weighted by atomic mass is 32.1. The Kier molecular flexibility index (Phi) is 8.47. The van der Waals surface area contributed by atoms with Gasteiger partial charge in [-0.2, -0.15) is 12.6 Å². The molecule has 0 fully saturated rings. The van der Waals surface area contributed by atoms with Gasteiger partial charge in [0.2, 0.25) is 0 Å². The third-order valence-electron chi connectivity index (χ3n) is 2.23. The van der Waals surface area contributed by atoms with E-state index in [0.717, 1.165) is 25.7 Å². The van der Waals surface area contributed by atoms with Gasteiger partial charge in [0.05, 0.1) is 7.11 Å². The van der Waals surface area contributed by atoms with Crippen molar-refractivity contribution in [3.63, 3.8) is 0 Å². The number of carbonyl (C=O) groups is 2. The topological polar surface area (TPSA) is 43.4 Å². The molecule has 4 heteroatoms. The molecule has 1 atom stereocenters. The van der Waals surface area contributed by atoms with Gasteiger partial charge in [-0.3, -0.25) is 4.79 Å². The standard InChI is InChI=1S/C11H20O3S/c1-9(12)7-8-10(15)5-3-4-6-11(13)14-2/h10,15H,3-8H2,1-2H3. The SMILES string of the molecule is COC(=O)CCCCC(S)CCC(C)=O. The first-order valence-electron chi connectivity index (χ1n) is 5.30. The maximum Gasteiger partial charge on any atom is 0.305 e. The Morgan fingerprint density at radius 3 is 2.40 bits per heavy atom. The quantitative estimate of drug-likeness (QED) is 0.397. The molecule has 0 aromatic carbocycles. The monoisotopic (exact) mass is 232 g/mol. The van der Waals surface area contributed by atoms with Gasteiger partial charge >= 0.3 is 5.97 Å². The molecule has 0 rings (SSSR count). The van der Waals surface area contributed by atoms with Crippen LogP contribution in [0.25, 0.3) is 0 Å². The normalized spacial score (nSPS) is 12.2. The maximum atomic E-state index is 10.8. The first-order chi connectivity index (χ1) is 7.06. The van der Waals surface area contributed by atoms with E-state index in [1.165, 1.54) is 7.11 Å². The third kappa shape index (κ3) is 9.79. The van der Waals surface area contributed by atoms with Crippen LogP contribution in [0.1, 0.15) is 45.4 Å². The molecule has 0 spiro atoms. The van der Waals surface area contributed by atoms with Crippen molar-refractivity contribution in [2.45, 2.75) is 50.7 Å². The van der Waals surface area contributed by atoms with Crippen molar-refractivity contribution in [3.8, 4) is 0 Å². The number of carbonyl (C=O) groups excluding carboxylic acids is 2. The fourth-order valence-corrected chi connectivity index (χ4v) is 1.58. The molecule has 0 saturated carbocycles. The predicted octanol–water partition coefficient (Wildman–Crippen LogP) is 2.39. The third-order valence-corrected chi connectivity index (χ3v) is 2.74. The van der Waals surface area contributed by atoms with Gasteiger partial charge in [-0.25, -0.2) is 0 Å². The van der Waals surface area contributed by atoms with Crippen molar-refractivity contribution in [2.75, 3.05) is 7.11 Å². The van der Waals surface area contributed by atoms with E-state index in [0.29, 0.717) is 12.8 Å². The second-order valence-corrected chi connectivity index (χ2v) is 4.45. The van der Waals surface area contributed by atoms with Crippen LogP contribution < -0.4 is 0 Å². The van der Waals surface area contributed by atoms with Crippen LogP contribution in [0.15, 0.2) is 0 Å². The highest BCUT2D eigenvalue weighted by molar-refractivity contribution is 7.80. The van der Waals surface area contributed by atoms with Gasteiger partial charge in [-0.1, -0.05) is 6.42 Å². The molecule has 0 aliphatic heterocycles. The van der Waals surface area contributed by atoms with Gasteiger partial charge in [-0.15, -0.1) is 0 Å². The van der Waals surface area contributed by atoms with Crippen LogP contribution in [0.4, 0.5) is 0 Å². The average Bonchev–Trinajstić information content (AvgIpc) is 2.21. The molecule has 0 amide bonds. The van der Waals surface area contributed by atoms with E-state index >= 15 is 0 Å². The molecular formula is C11H20O3S. The predicted molar refractivity (Wildman–Crippen MR) is 63.2 cm³/mol. The molecule has 0 radical (unpaired) electrons. The number of esters is 1. The van der Waals surface area contributed by atoms with Gasteiger partial charge in [0.1, 0.15) is 5.78 Å². The zero-order chi connectivity index (χ0) is 11.7. The fourth-order valence-electron chi connectivity index (χ4n) is 1.27. The molecule has 0 aliphatic carbocycles. The van der Waals surface area contributed by atoms with Crippen molar-refractivity contribution in [1.29, 1.82) is 0 Å². The first-order valence-corrected chi connectivity index (χ1v) is 5.82. The highest BCUT2D eigenvalue weighted by Crippen LogP contribution is 2.14. The zero-order valence-electron chi connectivity index (χ0n) is 9.49. The van der Waals surface area contributed by atoms with Crippen LogP contribution in [0.2, 0.25) is 0 Å². The molecule has 0 heterocycles. The largest absolute Gasteiger partial charge is 0.469 e. The Labute approximate surface area is 97.0 Å². The van der Waals surface area contributed by atoms with Crippen molar-refractivity contribution < 1.29 is 14.3 Å². The summed E-state index contributed by atoms with van der Waals surface area (Å²) in [5.74, 6) is 0.0538. The van der Waals surface area contributed by atoms with Crippen LogP contribution in [-0.2, 0) is 14.3 Å². The van der Waals surface area contributed by atoms with E-state index < -0.39 is 0 Å². The summed E-state index contributed by atoms with van der Waals surface area (Å²) in [6.45, 7) is 1.59. The maximum absolute atomic E-state index is 10.8. The summed E-state index contributed by atoms with van der Waals surface area (Å²) in [7, 11) is 1.40. The van der Waals surface area contributed by atoms with Gasteiger partial charge in [0.25, 0.3) is 0 Å². The molecule has 88 valence electrons. The van der Waals surface area contributed by atoms with Crippen LogP contribution in [0.5, 0.6) is 0 Å². The van der Waals surface area contributed by atoms with Crippen molar-refractivity contribution in [1.82, 2.24) is 0 Å². The molecule has 0 aromatic heterocycles. The number of hydrogen-bond donors (Lipinski definition) is 1. The second-order valence-electron chi connectivity index (χ2n) is 3.72. The van der Waals surface area contributed by atoms with Crippen LogP contribution >= 0.6 is 12.6 Å². The summed E-state index contributed by atoms with van der Waals surface area (Å²) in [5.41, 5.74) is 0. The van der Waals surface area contributed by atoms with Crippen molar-refractivity contribution >= 4 is 24.4 Å². The molecule has 0 aromatic rings. The van der Waals surface area contributed by atoms with Crippen LogP contribution in [-0.4, -0.2) is 24.1 Å². The summed E-state index contributed by atoms with van der Waals surface area (Å²) in [6.07, 6.45) is 4.66. The Bertz CT molecular complexity index is 204. The van der Waals surface area contributed by atoms with Gasteiger partial charge < -0.3 is 9.53 Å². The molecule has 1 unspecified atom stereocenters. The Morgan fingerprint density at radius 2 is 1.87 bits per heavy atom. The summed E-state index contributed by atoms with van der Waals surface area (Å²) < 4.78 is 4.53. The van der Waals surface area contributed by atoms with Crippen molar-refractivity contribution in [2.24, 2.45) is 0 Å². The van der Waals surface area contributed by atoms with Crippen LogP contribution in [0.3, 0.4) is 0 Å². The lowest BCUT2D eigenvalue weighted by molar-refractivity contribution is -0.140. The molecule has 0 saturated heterocycles. The number of ether oxygens (including phenoxy) is 1. The van der Waals surface area contributed by atoms with Gasteiger partial charge in [0.15, 0.2) is 0 Å². The first kappa shape index (κ1) is 14.5. The van der Waals surface area contributed by atoms with E-state index in [-0.39, 0.29) is 17.0 Å². The Balaban J connectivity index is 3.34. The lowest BCUT2D eigenvalue weighted by Gasteiger charge is -2.08. The number of Topliss-reactive ketones (excluding diaryl/α,β-unsaturated/α-hetero) is 1. The lowest BCUT2D eigenvalue weighted by atomic mass is 10.1. The second kappa shape index (κ2) is 8.77. The van der Waals surface area contributed by atoms with E-state index in [2.05, 4.69) is 17.4 Å². The number of rotatable bonds is 8. The van der Waals surface area contributed by atoms with E-state index in [1.807, 2.05) is 0 Å². The molecule has 15 heavy (non-hydrogen) atoms. The van der Waals surface area contributed by atoms with E-state index in [1.54, 1.807) is 6.92 Å². The average molecular weight is 232 g/mol. The summed E-state index contributed by atoms with van der Waals surface area (Å²) in [5, 5.41) is 0.270. The van der Waals surface area contributed by atoms with Crippen molar-refractivity contribution in [3.05, 3.63) is 0 Å². The number of thiol groups is 1. The van der Waals surface area contributed by atoms with Gasteiger partial charge in [0, 0.05) is 18.1 Å². The number of methoxy groups -OCH3 is 1. The lowest BCUT2D eigenvalue weighted by Crippen LogP contribution is -2.04. The minimum absolute atomic E-state index is 0.158. The Hall–Kier alpha value is -0.510. The zero-order valence-corrected chi connectivity index (χ0v) is 10.4. The molecule has 0 N–H and O–H groups in total. The Morgan fingerprint density at radius 1 is 1.20 bits per heavy atom. The molecule has 0 bridgehead atoms. The molecule has 0 aliphatic rings. The van der Waals surface area contributed by atoms with E-state index in [9.17, 15) is 9.59 Å². The smallest absolute Gasteiger partial charge is 0.305 e. The highest BCUT2D eigenvalue weighted by Gasteiger charge is 2.05. The fraction of sp³-hybridized carbons (Fsp3) is 0.818. The minimum Gasteiger partial charge on any atom is -0.469 e. The number of hydrogen-bond acceptors (Lipinski definition) is 4. The molecule has 3 nitrogen and oxygen atoms in total. The van der Waals surface area contributed by atoms with Crippen LogP contribution in [0, 0.1) is 0 Å². The molecular weight excluding hydrogens is 212 g/mol. The minimum atomic E-state index is -0.158.